The summed E-state index contributed by atoms with van der Waals surface area (Å²) in [6.07, 6.45) is 1.88. The van der Waals surface area contributed by atoms with E-state index in [-0.39, 0.29) is 12.9 Å². The first kappa shape index (κ1) is 10.6. The molecule has 0 aromatic heterocycles. The Balaban J connectivity index is 3.41. The largest absolute Gasteiger partial charge is 0.396 e. The molecule has 0 rings (SSSR count). The maximum absolute atomic E-state index is 8.58. The molecular weight excluding hydrogens is 144 g/mol. The second-order valence-electron chi connectivity index (χ2n) is 2.02. The van der Waals surface area contributed by atoms with E-state index in [1.807, 2.05) is 6.92 Å². The summed E-state index contributed by atoms with van der Waals surface area (Å²) in [6, 6.07) is 0. The highest BCUT2D eigenvalue weighted by atomic mass is 16.7. The molecule has 0 saturated heterocycles. The maximum Gasteiger partial charge on any atom is 0.160 e. The zero-order valence-corrected chi connectivity index (χ0v) is 6.95. The maximum atomic E-state index is 8.58. The van der Waals surface area contributed by atoms with Crippen molar-refractivity contribution in [3.8, 4) is 0 Å². The molecule has 0 saturated carbocycles. The third kappa shape index (κ3) is 6.04. The summed E-state index contributed by atoms with van der Waals surface area (Å²) in [5.74, 6) is 0. The predicted octanol–water partition coefficient (Wildman–Crippen LogP) is 0.934. The second kappa shape index (κ2) is 7.72. The lowest BCUT2D eigenvalue weighted by Crippen LogP contribution is -2.18. The third-order valence-corrected chi connectivity index (χ3v) is 1.12. The quantitative estimate of drug-likeness (QED) is 0.445. The van der Waals surface area contributed by atoms with E-state index in [1.165, 1.54) is 0 Å². The van der Waals surface area contributed by atoms with Crippen LogP contribution in [0, 0.1) is 0 Å². The van der Waals surface area contributed by atoms with Crippen LogP contribution in [-0.2, 0) is 9.47 Å². The van der Waals surface area contributed by atoms with Gasteiger partial charge in [-0.25, -0.2) is 0 Å². The first-order valence-corrected chi connectivity index (χ1v) is 3.80. The van der Waals surface area contributed by atoms with Gasteiger partial charge in [0.25, 0.3) is 0 Å². The van der Waals surface area contributed by atoms with Gasteiger partial charge < -0.3 is 14.6 Å². The molecule has 1 atom stereocenters. The van der Waals surface area contributed by atoms with Crippen LogP contribution in [0.2, 0.25) is 0 Å². The van der Waals surface area contributed by atoms with Gasteiger partial charge in [-0.1, -0.05) is 6.08 Å². The van der Waals surface area contributed by atoms with E-state index < -0.39 is 0 Å². The molecule has 3 nitrogen and oxygen atoms in total. The Bertz CT molecular complexity index is 87.3. The average Bonchev–Trinajstić information content (AvgIpc) is 2.01. The Morgan fingerprint density at radius 3 is 2.73 bits per heavy atom. The van der Waals surface area contributed by atoms with Gasteiger partial charge in [0, 0.05) is 19.6 Å². The second-order valence-corrected chi connectivity index (χ2v) is 2.02. The number of hydrogen-bond acceptors (Lipinski definition) is 3. The molecule has 0 aromatic rings. The molecule has 0 bridgehead atoms. The number of ether oxygens (including phenoxy) is 2. The van der Waals surface area contributed by atoms with E-state index in [1.54, 1.807) is 6.08 Å². The van der Waals surface area contributed by atoms with Crippen molar-refractivity contribution < 1.29 is 14.6 Å². The molecule has 0 aliphatic heterocycles. The smallest absolute Gasteiger partial charge is 0.160 e. The van der Waals surface area contributed by atoms with Gasteiger partial charge in [0.2, 0.25) is 0 Å². The number of aliphatic hydroxyl groups is 1. The van der Waals surface area contributed by atoms with Crippen LogP contribution in [0.5, 0.6) is 0 Å². The van der Waals surface area contributed by atoms with Gasteiger partial charge in [-0.15, -0.1) is 6.58 Å². The lowest BCUT2D eigenvalue weighted by Gasteiger charge is -2.14. The van der Waals surface area contributed by atoms with Gasteiger partial charge in [-0.2, -0.15) is 0 Å². The summed E-state index contributed by atoms with van der Waals surface area (Å²) in [4.78, 5) is 0. The molecule has 0 fully saturated rings. The molecule has 0 aromatic carbocycles. The minimum absolute atomic E-state index is 0.0851. The lowest BCUT2D eigenvalue weighted by molar-refractivity contribution is -0.139. The van der Waals surface area contributed by atoms with Gasteiger partial charge in [-0.3, -0.25) is 0 Å². The van der Waals surface area contributed by atoms with E-state index in [2.05, 4.69) is 6.58 Å². The summed E-state index contributed by atoms with van der Waals surface area (Å²) in [5, 5.41) is 8.58. The zero-order valence-electron chi connectivity index (χ0n) is 6.95. The van der Waals surface area contributed by atoms with Crippen molar-refractivity contribution >= 4 is 0 Å². The molecule has 0 spiro atoms. The van der Waals surface area contributed by atoms with Crippen LogP contribution in [0.1, 0.15) is 13.3 Å². The van der Waals surface area contributed by atoms with Crippen LogP contribution >= 0.6 is 0 Å². The average molecular weight is 160 g/mol. The highest BCUT2D eigenvalue weighted by Crippen LogP contribution is 1.99. The highest BCUT2D eigenvalue weighted by Gasteiger charge is 2.05. The molecular formula is C8H16O3. The normalized spacial score (nSPS) is 12.9. The fourth-order valence-corrected chi connectivity index (χ4v) is 0.681. The topological polar surface area (TPSA) is 38.7 Å². The van der Waals surface area contributed by atoms with E-state index >= 15 is 0 Å². The van der Waals surface area contributed by atoms with Gasteiger partial charge in [0.05, 0.1) is 6.61 Å². The van der Waals surface area contributed by atoms with Crippen molar-refractivity contribution in [3.05, 3.63) is 12.7 Å². The van der Waals surface area contributed by atoms with Crippen molar-refractivity contribution in [3.63, 3.8) is 0 Å². The predicted molar refractivity (Wildman–Crippen MR) is 43.3 cm³/mol. The van der Waals surface area contributed by atoms with Crippen LogP contribution < -0.4 is 0 Å². The Labute approximate surface area is 67.6 Å². The standard InChI is InChI=1S/C8H16O3/c1-3-7-11-8(5-6-9)10-4-2/h3,8-9H,1,4-7H2,2H3. The van der Waals surface area contributed by atoms with E-state index in [4.69, 9.17) is 14.6 Å². The van der Waals surface area contributed by atoms with Crippen molar-refractivity contribution in [1.82, 2.24) is 0 Å². The molecule has 66 valence electrons. The minimum atomic E-state index is -0.289. The molecule has 11 heavy (non-hydrogen) atoms. The molecule has 1 N–H and O–H groups in total. The van der Waals surface area contributed by atoms with Crippen molar-refractivity contribution in [2.75, 3.05) is 19.8 Å². The van der Waals surface area contributed by atoms with Crippen molar-refractivity contribution in [2.24, 2.45) is 0 Å². The van der Waals surface area contributed by atoms with Gasteiger partial charge in [0.15, 0.2) is 6.29 Å². The molecule has 0 heterocycles. The molecule has 1 unspecified atom stereocenters. The van der Waals surface area contributed by atoms with Crippen LogP contribution in [0.15, 0.2) is 12.7 Å². The lowest BCUT2D eigenvalue weighted by atomic mass is 10.4. The molecule has 3 heteroatoms. The first-order valence-electron chi connectivity index (χ1n) is 3.80. The Morgan fingerprint density at radius 1 is 1.55 bits per heavy atom. The van der Waals surface area contributed by atoms with Crippen LogP contribution in [-0.4, -0.2) is 31.2 Å². The fourth-order valence-electron chi connectivity index (χ4n) is 0.681. The van der Waals surface area contributed by atoms with Crippen molar-refractivity contribution in [1.29, 1.82) is 0 Å². The molecule has 0 aliphatic rings. The summed E-state index contributed by atoms with van der Waals surface area (Å²) >= 11 is 0. The number of rotatable bonds is 7. The number of hydrogen-bond donors (Lipinski definition) is 1. The highest BCUT2D eigenvalue weighted by molar-refractivity contribution is 4.64. The Morgan fingerprint density at radius 2 is 2.27 bits per heavy atom. The van der Waals surface area contributed by atoms with Gasteiger partial charge in [-0.05, 0) is 6.92 Å². The summed E-state index contributed by atoms with van der Waals surface area (Å²) in [7, 11) is 0. The monoisotopic (exact) mass is 160 g/mol. The molecule has 0 radical (unpaired) electrons. The van der Waals surface area contributed by atoms with Gasteiger partial charge in [0.1, 0.15) is 0 Å². The van der Waals surface area contributed by atoms with E-state index in [0.717, 1.165) is 0 Å². The van der Waals surface area contributed by atoms with Gasteiger partial charge >= 0.3 is 0 Å². The summed E-state index contributed by atoms with van der Waals surface area (Å²) in [6.45, 7) is 6.55. The summed E-state index contributed by atoms with van der Waals surface area (Å²) < 4.78 is 10.3. The van der Waals surface area contributed by atoms with E-state index in [0.29, 0.717) is 19.6 Å². The summed E-state index contributed by atoms with van der Waals surface area (Å²) in [5.41, 5.74) is 0. The third-order valence-electron chi connectivity index (χ3n) is 1.12. The molecule has 0 amide bonds. The van der Waals surface area contributed by atoms with Crippen LogP contribution in [0.3, 0.4) is 0 Å². The number of aliphatic hydroxyl groups excluding tert-OH is 1. The van der Waals surface area contributed by atoms with E-state index in [9.17, 15) is 0 Å². The van der Waals surface area contributed by atoms with Crippen LogP contribution in [0.25, 0.3) is 0 Å². The molecule has 0 aliphatic carbocycles. The first-order chi connectivity index (χ1) is 5.35. The Hall–Kier alpha value is -0.380. The Kier molecular flexibility index (Phi) is 7.46. The SMILES string of the molecule is C=CCOC(CCO)OCC. The zero-order chi connectivity index (χ0) is 8.53. The van der Waals surface area contributed by atoms with Crippen molar-refractivity contribution in [2.45, 2.75) is 19.6 Å². The van der Waals surface area contributed by atoms with Crippen LogP contribution in [0.4, 0.5) is 0 Å². The fraction of sp³-hybridized carbons (Fsp3) is 0.750. The minimum Gasteiger partial charge on any atom is -0.396 e.